The highest BCUT2D eigenvalue weighted by atomic mass is 16.5. The van der Waals surface area contributed by atoms with Crippen molar-refractivity contribution in [2.75, 3.05) is 26.3 Å². The number of aryl methyl sites for hydroxylation is 2. The maximum atomic E-state index is 12.6. The molecule has 4 rings (SSSR count). The number of ether oxygens (including phenoxy) is 1. The van der Waals surface area contributed by atoms with E-state index in [2.05, 4.69) is 6.07 Å². The summed E-state index contributed by atoms with van der Waals surface area (Å²) in [5.74, 6) is -0.0667. The maximum Gasteiger partial charge on any atom is 0.258 e. The van der Waals surface area contributed by atoms with Gasteiger partial charge in [0.15, 0.2) is 0 Å². The van der Waals surface area contributed by atoms with Crippen LogP contribution in [0, 0.1) is 0 Å². The molecule has 2 aliphatic heterocycles. The quantitative estimate of drug-likeness (QED) is 0.789. The molecule has 23 heavy (non-hydrogen) atoms. The summed E-state index contributed by atoms with van der Waals surface area (Å²) >= 11 is 0. The van der Waals surface area contributed by atoms with Gasteiger partial charge < -0.3 is 14.2 Å². The van der Waals surface area contributed by atoms with Crippen LogP contribution in [0.4, 0.5) is 0 Å². The second-order valence-corrected chi connectivity index (χ2v) is 5.93. The van der Waals surface area contributed by atoms with Crippen molar-refractivity contribution in [1.82, 2.24) is 9.47 Å². The van der Waals surface area contributed by atoms with Crippen LogP contribution in [0.3, 0.4) is 0 Å². The monoisotopic (exact) mass is 310 g/mol. The molecule has 1 aromatic carbocycles. The summed E-state index contributed by atoms with van der Waals surface area (Å²) in [5.41, 5.74) is 2.81. The molecule has 3 heterocycles. The van der Waals surface area contributed by atoms with E-state index in [4.69, 9.17) is 4.74 Å². The number of carbonyl (C=O) groups excluding carboxylic acids is 1. The van der Waals surface area contributed by atoms with Gasteiger partial charge >= 0.3 is 0 Å². The Balaban J connectivity index is 1.68. The number of rotatable bonds is 2. The first kappa shape index (κ1) is 14.2. The molecule has 5 nitrogen and oxygen atoms in total. The number of para-hydroxylation sites is 1. The molecule has 0 aliphatic carbocycles. The number of pyridine rings is 1. The van der Waals surface area contributed by atoms with Crippen molar-refractivity contribution in [3.63, 3.8) is 0 Å². The van der Waals surface area contributed by atoms with Gasteiger partial charge in [0, 0.05) is 31.3 Å². The third-order valence-electron chi connectivity index (χ3n) is 4.56. The fourth-order valence-electron chi connectivity index (χ4n) is 3.36. The Morgan fingerprint density at radius 3 is 2.83 bits per heavy atom. The van der Waals surface area contributed by atoms with Crippen LogP contribution in [0.15, 0.2) is 35.1 Å². The van der Waals surface area contributed by atoms with Gasteiger partial charge in [0.1, 0.15) is 0 Å². The topological polar surface area (TPSA) is 51.5 Å². The van der Waals surface area contributed by atoms with Gasteiger partial charge in [-0.15, -0.1) is 0 Å². The molecule has 0 bridgehead atoms. The molecule has 1 aromatic heterocycles. The van der Waals surface area contributed by atoms with Crippen LogP contribution >= 0.6 is 0 Å². The van der Waals surface area contributed by atoms with Gasteiger partial charge in [0.05, 0.1) is 18.7 Å². The number of hydrogen-bond donors (Lipinski definition) is 0. The molecule has 5 heteroatoms. The largest absolute Gasteiger partial charge is 0.378 e. The minimum absolute atomic E-state index is 0.0199. The zero-order valence-corrected chi connectivity index (χ0v) is 12.8. The summed E-state index contributed by atoms with van der Waals surface area (Å²) in [4.78, 5) is 26.5. The molecule has 0 saturated carbocycles. The molecule has 0 spiro atoms. The van der Waals surface area contributed by atoms with E-state index in [0.29, 0.717) is 38.4 Å². The highest BCUT2D eigenvalue weighted by Crippen LogP contribution is 2.24. The zero-order chi connectivity index (χ0) is 15.8. The second kappa shape index (κ2) is 5.66. The smallest absolute Gasteiger partial charge is 0.258 e. The molecule has 0 N–H and O–H groups in total. The number of benzene rings is 1. The summed E-state index contributed by atoms with van der Waals surface area (Å²) in [5, 5.41) is 1.05. The summed E-state index contributed by atoms with van der Waals surface area (Å²) < 4.78 is 7.07. The molecule has 1 saturated heterocycles. The second-order valence-electron chi connectivity index (χ2n) is 5.93. The van der Waals surface area contributed by atoms with Crippen LogP contribution in [0.25, 0.3) is 17.0 Å². The van der Waals surface area contributed by atoms with Crippen LogP contribution in [-0.4, -0.2) is 41.7 Å². The lowest BCUT2D eigenvalue weighted by atomic mass is 10.1. The number of morpholine rings is 1. The zero-order valence-electron chi connectivity index (χ0n) is 12.8. The van der Waals surface area contributed by atoms with E-state index < -0.39 is 0 Å². The van der Waals surface area contributed by atoms with Crippen LogP contribution in [0.2, 0.25) is 0 Å². The van der Waals surface area contributed by atoms with Crippen molar-refractivity contribution in [2.45, 2.75) is 13.0 Å². The van der Waals surface area contributed by atoms with E-state index in [1.165, 1.54) is 11.6 Å². The third-order valence-corrected chi connectivity index (χ3v) is 4.56. The molecule has 118 valence electrons. The van der Waals surface area contributed by atoms with Crippen molar-refractivity contribution in [3.05, 3.63) is 51.8 Å². The van der Waals surface area contributed by atoms with Crippen molar-refractivity contribution < 1.29 is 9.53 Å². The lowest BCUT2D eigenvalue weighted by Gasteiger charge is -2.25. The van der Waals surface area contributed by atoms with Gasteiger partial charge in [-0.05, 0) is 29.5 Å². The van der Waals surface area contributed by atoms with Crippen LogP contribution in [0.5, 0.6) is 0 Å². The fourth-order valence-corrected chi connectivity index (χ4v) is 3.36. The van der Waals surface area contributed by atoms with Gasteiger partial charge in [-0.3, -0.25) is 9.59 Å². The number of hydrogen-bond acceptors (Lipinski definition) is 3. The molecule has 1 amide bonds. The Labute approximate surface area is 133 Å². The van der Waals surface area contributed by atoms with Crippen LogP contribution < -0.4 is 5.56 Å². The molecule has 1 fully saturated rings. The van der Waals surface area contributed by atoms with E-state index in [9.17, 15) is 9.59 Å². The van der Waals surface area contributed by atoms with Gasteiger partial charge in [-0.2, -0.15) is 0 Å². The molecule has 0 atom stereocenters. The predicted molar refractivity (Wildman–Crippen MR) is 88.3 cm³/mol. The highest BCUT2D eigenvalue weighted by Gasteiger charge is 2.17. The maximum absolute atomic E-state index is 12.6. The summed E-state index contributed by atoms with van der Waals surface area (Å²) in [6.45, 7) is 3.08. The molecular formula is C18H18N2O3. The lowest BCUT2D eigenvalue weighted by molar-refractivity contribution is -0.129. The molecule has 0 radical (unpaired) electrons. The highest BCUT2D eigenvalue weighted by molar-refractivity contribution is 5.93. The van der Waals surface area contributed by atoms with Crippen molar-refractivity contribution in [1.29, 1.82) is 0 Å². The van der Waals surface area contributed by atoms with Gasteiger partial charge in [-0.1, -0.05) is 18.2 Å². The average Bonchev–Trinajstić information content (AvgIpc) is 3.03. The molecule has 2 aromatic rings. The van der Waals surface area contributed by atoms with E-state index in [0.717, 1.165) is 17.3 Å². The number of aromatic nitrogens is 1. The summed E-state index contributed by atoms with van der Waals surface area (Å²) in [7, 11) is 0. The number of amides is 1. The minimum Gasteiger partial charge on any atom is -0.378 e. The van der Waals surface area contributed by atoms with Gasteiger partial charge in [0.25, 0.3) is 5.56 Å². The van der Waals surface area contributed by atoms with E-state index >= 15 is 0 Å². The standard InChI is InChI=1S/C18H18N2O3/c21-16(19-8-10-23-11-9-19)5-4-15-12-14-3-1-2-13-6-7-20(17(13)14)18(15)22/h1-5,12H,6-11H2. The van der Waals surface area contributed by atoms with Crippen LogP contribution in [-0.2, 0) is 22.5 Å². The Hall–Kier alpha value is -2.40. The molecule has 0 unspecified atom stereocenters. The van der Waals surface area contributed by atoms with E-state index in [-0.39, 0.29) is 11.5 Å². The Morgan fingerprint density at radius 2 is 2.00 bits per heavy atom. The van der Waals surface area contributed by atoms with Gasteiger partial charge in [0.2, 0.25) is 5.91 Å². The molecular weight excluding hydrogens is 292 g/mol. The summed E-state index contributed by atoms with van der Waals surface area (Å²) in [6.07, 6.45) is 4.04. The molecule has 2 aliphatic rings. The minimum atomic E-state index is -0.0667. The normalized spacial score (nSPS) is 17.3. The fraction of sp³-hybridized carbons (Fsp3) is 0.333. The Bertz CT molecular complexity index is 860. The lowest BCUT2D eigenvalue weighted by Crippen LogP contribution is -2.39. The van der Waals surface area contributed by atoms with Crippen LogP contribution in [0.1, 0.15) is 11.1 Å². The number of nitrogens with zero attached hydrogens (tertiary/aromatic N) is 2. The third kappa shape index (κ3) is 2.47. The first-order chi connectivity index (χ1) is 11.2. The Kier molecular flexibility index (Phi) is 3.50. The van der Waals surface area contributed by atoms with Gasteiger partial charge in [-0.25, -0.2) is 0 Å². The first-order valence-electron chi connectivity index (χ1n) is 7.94. The SMILES string of the molecule is O=C(C=Cc1cc2cccc3c2n(c1=O)CC3)N1CCOCC1. The van der Waals surface area contributed by atoms with Crippen molar-refractivity contribution in [3.8, 4) is 0 Å². The summed E-state index contributed by atoms with van der Waals surface area (Å²) in [6, 6.07) is 7.99. The Morgan fingerprint density at radius 1 is 1.17 bits per heavy atom. The average molecular weight is 310 g/mol. The number of carbonyl (C=O) groups is 1. The van der Waals surface area contributed by atoms with E-state index in [1.807, 2.05) is 22.8 Å². The first-order valence-corrected chi connectivity index (χ1v) is 7.94. The predicted octanol–water partition coefficient (Wildman–Crippen LogP) is 1.43. The van der Waals surface area contributed by atoms with E-state index in [1.54, 1.807) is 11.0 Å². The van der Waals surface area contributed by atoms with Crippen molar-refractivity contribution in [2.24, 2.45) is 0 Å². The van der Waals surface area contributed by atoms with Crippen molar-refractivity contribution >= 4 is 22.9 Å².